The Bertz CT molecular complexity index is 1290. The quantitative estimate of drug-likeness (QED) is 0.0634. The van der Waals surface area contributed by atoms with Crippen molar-refractivity contribution in [2.75, 3.05) is 13.1 Å². The van der Waals surface area contributed by atoms with E-state index in [1.807, 2.05) is 26.0 Å². The Morgan fingerprint density at radius 1 is 0.978 bits per heavy atom. The van der Waals surface area contributed by atoms with Crippen LogP contribution in [-0.2, 0) is 22.6 Å². The van der Waals surface area contributed by atoms with Gasteiger partial charge in [0.15, 0.2) is 0 Å². The fraction of sp³-hybridized carbons (Fsp3) is 0.463. The zero-order valence-electron chi connectivity index (χ0n) is 30.0. The van der Waals surface area contributed by atoms with Gasteiger partial charge in [0, 0.05) is 32.1 Å². The Labute approximate surface area is 281 Å². The predicted octanol–water partition coefficient (Wildman–Crippen LogP) is 11.3. The monoisotopic (exact) mass is 627 g/mol. The average Bonchev–Trinajstić information content (AvgIpc) is 3.42. The highest BCUT2D eigenvalue weighted by atomic mass is 16.5. The molecule has 0 unspecified atom stereocenters. The van der Waals surface area contributed by atoms with Crippen molar-refractivity contribution < 1.29 is 9.53 Å². The van der Waals surface area contributed by atoms with Gasteiger partial charge in [-0.15, -0.1) is 6.58 Å². The number of esters is 1. The maximum atomic E-state index is 11.6. The molecule has 0 N–H and O–H groups in total. The van der Waals surface area contributed by atoms with Gasteiger partial charge in [-0.2, -0.15) is 0 Å². The molecule has 0 saturated heterocycles. The van der Waals surface area contributed by atoms with E-state index in [0.717, 1.165) is 80.1 Å². The number of carbonyl (C=O) groups excluding carboxylic acids is 1. The number of imidazole rings is 1. The molecule has 0 atom stereocenters. The van der Waals surface area contributed by atoms with E-state index in [9.17, 15) is 4.79 Å². The zero-order chi connectivity index (χ0) is 34.2. The smallest absolute Gasteiger partial charge is 0.308 e. The first-order valence-corrected chi connectivity index (χ1v) is 17.3. The van der Waals surface area contributed by atoms with E-state index in [-0.39, 0.29) is 5.97 Å². The molecule has 1 heterocycles. The van der Waals surface area contributed by atoms with Gasteiger partial charge in [-0.05, 0) is 63.3 Å². The minimum absolute atomic E-state index is 0.315. The van der Waals surface area contributed by atoms with Crippen LogP contribution in [0.25, 0.3) is 17.0 Å². The molecule has 0 aliphatic rings. The molecular weight excluding hydrogens is 566 g/mol. The molecule has 0 aliphatic heterocycles. The van der Waals surface area contributed by atoms with Gasteiger partial charge in [-0.3, -0.25) is 9.69 Å². The maximum Gasteiger partial charge on any atom is 0.308 e. The van der Waals surface area contributed by atoms with E-state index >= 15 is 0 Å². The molecule has 46 heavy (non-hydrogen) atoms. The molecule has 0 radical (unpaired) electrons. The van der Waals surface area contributed by atoms with Gasteiger partial charge in [-0.25, -0.2) is 4.98 Å². The fourth-order valence-electron chi connectivity index (χ4n) is 4.88. The van der Waals surface area contributed by atoms with Crippen LogP contribution in [-0.4, -0.2) is 33.5 Å². The van der Waals surface area contributed by atoms with Crippen LogP contribution in [0.15, 0.2) is 97.4 Å². The van der Waals surface area contributed by atoms with Gasteiger partial charge >= 0.3 is 5.97 Å². The second kappa shape index (κ2) is 24.5. The molecule has 1 aromatic heterocycles. The normalized spacial score (nSPS) is 12.1. The minimum atomic E-state index is -0.315. The van der Waals surface area contributed by atoms with Crippen LogP contribution in [0.4, 0.5) is 0 Å². The molecule has 2 aromatic rings. The van der Waals surface area contributed by atoms with Crippen LogP contribution in [0.5, 0.6) is 0 Å². The summed E-state index contributed by atoms with van der Waals surface area (Å²) in [6, 6.07) is 10.4. The van der Waals surface area contributed by atoms with Gasteiger partial charge in [0.1, 0.15) is 11.6 Å². The van der Waals surface area contributed by atoms with Crippen molar-refractivity contribution >= 4 is 11.5 Å². The average molecular weight is 628 g/mol. The summed E-state index contributed by atoms with van der Waals surface area (Å²) in [6.07, 6.45) is 22.9. The Hall–Kier alpha value is -3.70. The second-order valence-electron chi connectivity index (χ2n) is 11.4. The van der Waals surface area contributed by atoms with E-state index in [1.165, 1.54) is 31.9 Å². The first-order chi connectivity index (χ1) is 22.3. The number of unbranched alkanes of at least 4 members (excludes halogenated alkanes) is 3. The van der Waals surface area contributed by atoms with Gasteiger partial charge in [0.2, 0.25) is 0 Å². The number of hydrogen-bond acceptors (Lipinski definition) is 4. The highest BCUT2D eigenvalue weighted by Crippen LogP contribution is 2.29. The highest BCUT2D eigenvalue weighted by Gasteiger charge is 2.21. The summed E-state index contributed by atoms with van der Waals surface area (Å²) >= 11 is 0. The Morgan fingerprint density at radius 3 is 2.24 bits per heavy atom. The lowest BCUT2D eigenvalue weighted by Gasteiger charge is -2.22. The van der Waals surface area contributed by atoms with Crippen LogP contribution in [0.3, 0.4) is 0 Å². The van der Waals surface area contributed by atoms with Crippen molar-refractivity contribution in [3.05, 3.63) is 109 Å². The van der Waals surface area contributed by atoms with Crippen LogP contribution in [0, 0.1) is 0 Å². The largest absolute Gasteiger partial charge is 0.427 e. The van der Waals surface area contributed by atoms with Crippen molar-refractivity contribution in [3.63, 3.8) is 0 Å². The molecule has 0 aliphatic carbocycles. The summed E-state index contributed by atoms with van der Waals surface area (Å²) in [5.74, 6) is 1.29. The molecular formula is C41H61N3O2. The van der Waals surface area contributed by atoms with Crippen LogP contribution in [0.2, 0.25) is 0 Å². The molecule has 0 amide bonds. The summed E-state index contributed by atoms with van der Waals surface area (Å²) in [6.45, 7) is 25.9. The molecule has 0 bridgehead atoms. The second-order valence-corrected chi connectivity index (χ2v) is 11.4. The Morgan fingerprint density at radius 2 is 1.67 bits per heavy atom. The third-order valence-electron chi connectivity index (χ3n) is 7.51. The third kappa shape index (κ3) is 15.1. The van der Waals surface area contributed by atoms with Gasteiger partial charge in [0.05, 0.1) is 11.4 Å². The van der Waals surface area contributed by atoms with Crippen molar-refractivity contribution in [1.29, 1.82) is 0 Å². The van der Waals surface area contributed by atoms with Crippen molar-refractivity contribution in [2.45, 2.75) is 113 Å². The number of rotatable bonds is 20. The van der Waals surface area contributed by atoms with Crippen LogP contribution >= 0.6 is 0 Å². The van der Waals surface area contributed by atoms with Gasteiger partial charge < -0.3 is 9.30 Å². The maximum absolute atomic E-state index is 11.6. The summed E-state index contributed by atoms with van der Waals surface area (Å²) < 4.78 is 7.84. The molecule has 252 valence electrons. The van der Waals surface area contributed by atoms with Gasteiger partial charge in [0.25, 0.3) is 0 Å². The number of allylic oxidation sites excluding steroid dienone is 8. The first-order valence-electron chi connectivity index (χ1n) is 17.3. The lowest BCUT2D eigenvalue weighted by molar-refractivity contribution is -0.136. The van der Waals surface area contributed by atoms with E-state index in [2.05, 4.69) is 105 Å². The van der Waals surface area contributed by atoms with Crippen molar-refractivity contribution in [2.24, 2.45) is 0 Å². The van der Waals surface area contributed by atoms with Crippen molar-refractivity contribution in [3.8, 4) is 11.4 Å². The van der Waals surface area contributed by atoms with Crippen molar-refractivity contribution in [1.82, 2.24) is 14.5 Å². The SMILES string of the molecule is C=CC/C=C(OC(C)=O)\C(C)=C/CCN(CC)Cc1c(C(=C)/C=C\C/C=C\C)nc(-c2ccccc2)n1CCCC.CCCCC. The van der Waals surface area contributed by atoms with E-state index in [1.54, 1.807) is 6.08 Å². The van der Waals surface area contributed by atoms with E-state index < -0.39 is 0 Å². The predicted molar refractivity (Wildman–Crippen MR) is 199 cm³/mol. The topological polar surface area (TPSA) is 47.4 Å². The van der Waals surface area contributed by atoms with Gasteiger partial charge in [-0.1, -0.05) is 127 Å². The Balaban J connectivity index is 0.00000195. The number of nitrogens with zero attached hydrogens (tertiary/aromatic N) is 3. The number of hydrogen-bond donors (Lipinski definition) is 0. The summed E-state index contributed by atoms with van der Waals surface area (Å²) in [5.41, 5.74) is 5.17. The molecule has 0 fully saturated rings. The lowest BCUT2D eigenvalue weighted by atomic mass is 10.1. The Kier molecular flexibility index (Phi) is 21.5. The molecule has 5 nitrogen and oxygen atoms in total. The number of carbonyl (C=O) groups is 1. The minimum Gasteiger partial charge on any atom is -0.427 e. The third-order valence-corrected chi connectivity index (χ3v) is 7.51. The highest BCUT2D eigenvalue weighted by molar-refractivity contribution is 5.74. The lowest BCUT2D eigenvalue weighted by Crippen LogP contribution is -2.26. The molecule has 0 spiro atoms. The summed E-state index contributed by atoms with van der Waals surface area (Å²) in [4.78, 5) is 19.2. The summed E-state index contributed by atoms with van der Waals surface area (Å²) in [7, 11) is 0. The number of ether oxygens (including phenoxy) is 1. The van der Waals surface area contributed by atoms with Crippen LogP contribution < -0.4 is 0 Å². The van der Waals surface area contributed by atoms with E-state index in [4.69, 9.17) is 9.72 Å². The molecule has 1 aromatic carbocycles. The van der Waals surface area contributed by atoms with E-state index in [0.29, 0.717) is 12.2 Å². The molecule has 0 saturated carbocycles. The number of benzene rings is 1. The zero-order valence-corrected chi connectivity index (χ0v) is 30.0. The standard InChI is InChI=1S/C36H49N3O2.C5H12/c1-8-12-15-17-21-30(6)35-33(39(27-14-10-3)36(37-35)32-23-18-16-19-24-32)28-38(11-4)26-20-22-29(5)34(25-13-9-2)41-31(7)40;1-3-5-4-2/h8-9,12,16-19,21-25H,2,6,10-11,13-15,20,26-28H2,1,3-5,7H3;3-5H2,1-2H3/b12-8-,21-17-,29-22-,34-25+;. The molecule has 5 heteroatoms. The molecule has 2 rings (SSSR count). The summed E-state index contributed by atoms with van der Waals surface area (Å²) in [5, 5.41) is 0. The fourth-order valence-corrected chi connectivity index (χ4v) is 4.88. The van der Waals surface area contributed by atoms with Crippen LogP contribution in [0.1, 0.15) is 111 Å². The first kappa shape index (κ1) is 40.3. The number of aromatic nitrogens is 2.